The summed E-state index contributed by atoms with van der Waals surface area (Å²) in [5, 5.41) is 0. The van der Waals surface area contributed by atoms with Crippen LogP contribution in [0.1, 0.15) is 32.6 Å². The van der Waals surface area contributed by atoms with E-state index in [1.54, 1.807) is 9.80 Å². The van der Waals surface area contributed by atoms with E-state index >= 15 is 0 Å². The monoisotopic (exact) mass is 267 g/mol. The molecule has 108 valence electrons. The summed E-state index contributed by atoms with van der Waals surface area (Å²) < 4.78 is 0. The lowest BCUT2D eigenvalue weighted by Crippen LogP contribution is -2.63. The van der Waals surface area contributed by atoms with Crippen molar-refractivity contribution in [2.24, 2.45) is 0 Å². The summed E-state index contributed by atoms with van der Waals surface area (Å²) in [7, 11) is 4.05. The molecule has 2 fully saturated rings. The molecular formula is C14H25N3O2. The van der Waals surface area contributed by atoms with Crippen LogP contribution in [0, 0.1) is 0 Å². The summed E-state index contributed by atoms with van der Waals surface area (Å²) in [6.07, 6.45) is 3.84. The summed E-state index contributed by atoms with van der Waals surface area (Å²) in [6.45, 7) is 4.01. The molecule has 2 amide bonds. The number of piperidine rings is 1. The quantitative estimate of drug-likeness (QED) is 0.747. The van der Waals surface area contributed by atoms with E-state index < -0.39 is 0 Å². The molecule has 0 aromatic heterocycles. The zero-order valence-corrected chi connectivity index (χ0v) is 12.3. The lowest BCUT2D eigenvalue weighted by molar-refractivity contribution is -0.159. The number of carbonyl (C=O) groups excluding carboxylic acids is 2. The molecule has 2 aliphatic heterocycles. The van der Waals surface area contributed by atoms with Crippen molar-refractivity contribution in [1.82, 2.24) is 14.7 Å². The van der Waals surface area contributed by atoms with Crippen LogP contribution in [0.15, 0.2) is 0 Å². The van der Waals surface area contributed by atoms with Gasteiger partial charge in [0.15, 0.2) is 0 Å². The van der Waals surface area contributed by atoms with E-state index in [0.29, 0.717) is 0 Å². The Morgan fingerprint density at radius 1 is 1.32 bits per heavy atom. The van der Waals surface area contributed by atoms with E-state index in [-0.39, 0.29) is 30.4 Å². The van der Waals surface area contributed by atoms with Crippen molar-refractivity contribution in [1.29, 1.82) is 0 Å². The molecule has 0 N–H and O–H groups in total. The molecule has 0 spiro atoms. The molecule has 0 radical (unpaired) electrons. The van der Waals surface area contributed by atoms with Gasteiger partial charge in [-0.05, 0) is 53.2 Å². The summed E-state index contributed by atoms with van der Waals surface area (Å²) >= 11 is 0. The Bertz CT molecular complexity index is 357. The Kier molecular flexibility index (Phi) is 4.45. The first-order valence-corrected chi connectivity index (χ1v) is 7.25. The van der Waals surface area contributed by atoms with Crippen LogP contribution in [-0.2, 0) is 9.59 Å². The van der Waals surface area contributed by atoms with E-state index in [2.05, 4.69) is 4.90 Å². The molecule has 0 aromatic rings. The van der Waals surface area contributed by atoms with Gasteiger partial charge in [-0.1, -0.05) is 0 Å². The van der Waals surface area contributed by atoms with E-state index in [0.717, 1.165) is 38.8 Å². The number of piperazine rings is 1. The highest BCUT2D eigenvalue weighted by Gasteiger charge is 2.41. The zero-order chi connectivity index (χ0) is 14.0. The van der Waals surface area contributed by atoms with Crippen LogP contribution >= 0.6 is 0 Å². The predicted molar refractivity (Wildman–Crippen MR) is 73.7 cm³/mol. The van der Waals surface area contributed by atoms with Crippen LogP contribution in [0.25, 0.3) is 0 Å². The minimum absolute atomic E-state index is 0.126. The van der Waals surface area contributed by atoms with Crippen molar-refractivity contribution in [2.45, 2.75) is 44.7 Å². The third-order valence-electron chi connectivity index (χ3n) is 4.22. The van der Waals surface area contributed by atoms with Gasteiger partial charge in [0.2, 0.25) is 11.8 Å². The van der Waals surface area contributed by atoms with E-state index in [4.69, 9.17) is 0 Å². The lowest BCUT2D eigenvalue weighted by Gasteiger charge is -2.44. The fourth-order valence-corrected chi connectivity index (χ4v) is 2.97. The molecule has 2 saturated heterocycles. The molecule has 0 bridgehead atoms. The van der Waals surface area contributed by atoms with Crippen LogP contribution < -0.4 is 0 Å². The molecule has 0 saturated carbocycles. The summed E-state index contributed by atoms with van der Waals surface area (Å²) in [5.41, 5.74) is 0. The molecule has 0 aromatic carbocycles. The van der Waals surface area contributed by atoms with E-state index in [1.807, 2.05) is 21.0 Å². The Morgan fingerprint density at radius 3 is 2.74 bits per heavy atom. The van der Waals surface area contributed by atoms with Gasteiger partial charge in [0.05, 0.1) is 0 Å². The zero-order valence-electron chi connectivity index (χ0n) is 12.3. The first kappa shape index (κ1) is 14.3. The minimum Gasteiger partial charge on any atom is -0.329 e. The van der Waals surface area contributed by atoms with Crippen LogP contribution in [-0.4, -0.2) is 72.3 Å². The Hall–Kier alpha value is -1.10. The first-order chi connectivity index (χ1) is 9.00. The predicted octanol–water partition coefficient (Wildman–Crippen LogP) is 0.550. The molecule has 0 aliphatic carbocycles. The maximum Gasteiger partial charge on any atom is 0.246 e. The molecule has 2 atom stereocenters. The number of fused-ring (bicyclic) bond motifs is 1. The van der Waals surface area contributed by atoms with Gasteiger partial charge >= 0.3 is 0 Å². The van der Waals surface area contributed by atoms with Gasteiger partial charge in [0.25, 0.3) is 0 Å². The Balaban J connectivity index is 2.01. The molecule has 5 heteroatoms. The summed E-state index contributed by atoms with van der Waals surface area (Å²) in [6, 6.07) is -0.0419. The summed E-state index contributed by atoms with van der Waals surface area (Å²) in [5.74, 6) is 0.284. The second-order valence-corrected chi connectivity index (χ2v) is 6.01. The highest BCUT2D eigenvalue weighted by molar-refractivity contribution is 5.95. The Labute approximate surface area is 115 Å². The van der Waals surface area contributed by atoms with Gasteiger partial charge in [-0.25, -0.2) is 0 Å². The third-order valence-corrected chi connectivity index (χ3v) is 4.22. The van der Waals surface area contributed by atoms with Gasteiger partial charge in [-0.3, -0.25) is 9.59 Å². The molecule has 5 nitrogen and oxygen atoms in total. The minimum atomic E-state index is -0.184. The van der Waals surface area contributed by atoms with E-state index in [1.165, 1.54) is 0 Å². The topological polar surface area (TPSA) is 43.9 Å². The van der Waals surface area contributed by atoms with Crippen molar-refractivity contribution in [2.75, 3.05) is 33.7 Å². The fraction of sp³-hybridized carbons (Fsp3) is 0.857. The Morgan fingerprint density at radius 2 is 2.05 bits per heavy atom. The van der Waals surface area contributed by atoms with Gasteiger partial charge < -0.3 is 14.7 Å². The first-order valence-electron chi connectivity index (χ1n) is 7.25. The number of rotatable bonds is 4. The number of amides is 2. The normalized spacial score (nSPS) is 25.8. The largest absolute Gasteiger partial charge is 0.329 e. The van der Waals surface area contributed by atoms with Gasteiger partial charge in [0.1, 0.15) is 12.6 Å². The third kappa shape index (κ3) is 3.08. The fourth-order valence-electron chi connectivity index (χ4n) is 2.97. The highest BCUT2D eigenvalue weighted by atomic mass is 16.2. The number of hydrogen-bond donors (Lipinski definition) is 0. The van der Waals surface area contributed by atoms with Crippen molar-refractivity contribution >= 4 is 11.8 Å². The molecule has 2 unspecified atom stereocenters. The van der Waals surface area contributed by atoms with Crippen molar-refractivity contribution in [3.63, 3.8) is 0 Å². The second kappa shape index (κ2) is 5.90. The van der Waals surface area contributed by atoms with Crippen LogP contribution in [0.5, 0.6) is 0 Å². The van der Waals surface area contributed by atoms with Crippen molar-refractivity contribution in [3.05, 3.63) is 0 Å². The maximum atomic E-state index is 12.5. The molecule has 19 heavy (non-hydrogen) atoms. The number of hydrogen-bond acceptors (Lipinski definition) is 3. The van der Waals surface area contributed by atoms with Gasteiger partial charge in [0, 0.05) is 12.6 Å². The molecule has 2 heterocycles. The number of nitrogens with zero attached hydrogens (tertiary/aromatic N) is 3. The van der Waals surface area contributed by atoms with Gasteiger partial charge in [-0.2, -0.15) is 0 Å². The highest BCUT2D eigenvalue weighted by Crippen LogP contribution is 2.24. The lowest BCUT2D eigenvalue weighted by atomic mass is 9.97. The van der Waals surface area contributed by atoms with Crippen molar-refractivity contribution in [3.8, 4) is 0 Å². The smallest absolute Gasteiger partial charge is 0.246 e. The summed E-state index contributed by atoms with van der Waals surface area (Å²) in [4.78, 5) is 30.4. The van der Waals surface area contributed by atoms with Crippen LogP contribution in [0.2, 0.25) is 0 Å². The molecular weight excluding hydrogens is 242 g/mol. The SMILES string of the molecule is CC(CCN(C)C)N1CC(=O)N2CCCCC2C1=O. The average molecular weight is 267 g/mol. The molecule has 2 aliphatic rings. The van der Waals surface area contributed by atoms with Crippen LogP contribution in [0.3, 0.4) is 0 Å². The maximum absolute atomic E-state index is 12.5. The average Bonchev–Trinajstić information content (AvgIpc) is 2.40. The molecule has 2 rings (SSSR count). The van der Waals surface area contributed by atoms with E-state index in [9.17, 15) is 9.59 Å². The van der Waals surface area contributed by atoms with Gasteiger partial charge in [-0.15, -0.1) is 0 Å². The van der Waals surface area contributed by atoms with Crippen LogP contribution in [0.4, 0.5) is 0 Å². The second-order valence-electron chi connectivity index (χ2n) is 6.01. The number of carbonyl (C=O) groups is 2. The van der Waals surface area contributed by atoms with Crippen molar-refractivity contribution < 1.29 is 9.59 Å². The standard InChI is InChI=1S/C14H25N3O2/c1-11(7-9-15(2)3)17-10-13(18)16-8-5-4-6-12(16)14(17)19/h11-12H,4-10H2,1-3H3.